The predicted molar refractivity (Wildman–Crippen MR) is 107 cm³/mol. The van der Waals surface area contributed by atoms with Crippen LogP contribution in [0.1, 0.15) is 27.8 Å². The normalized spacial score (nSPS) is 10.3. The van der Waals surface area contributed by atoms with Crippen molar-refractivity contribution in [1.29, 1.82) is 10.5 Å². The minimum Gasteiger partial charge on any atom is -0.453 e. The molecule has 0 heterocycles. The number of halogens is 2. The largest absolute Gasteiger partial charge is 0.453 e. The van der Waals surface area contributed by atoms with Gasteiger partial charge in [-0.3, -0.25) is 0 Å². The molecule has 0 aromatic heterocycles. The van der Waals surface area contributed by atoms with E-state index in [1.54, 1.807) is 37.3 Å². The summed E-state index contributed by atoms with van der Waals surface area (Å²) in [6.45, 7) is 5.48. The highest BCUT2D eigenvalue weighted by Gasteiger charge is 2.28. The van der Waals surface area contributed by atoms with E-state index in [-0.39, 0.29) is 4.90 Å². The molecule has 144 valence electrons. The van der Waals surface area contributed by atoms with Crippen LogP contribution >= 0.6 is 11.8 Å². The van der Waals surface area contributed by atoms with Crippen molar-refractivity contribution < 1.29 is 13.5 Å². The summed E-state index contributed by atoms with van der Waals surface area (Å²) in [5.74, 6) is -2.08. The summed E-state index contributed by atoms with van der Waals surface area (Å²) in [5.41, 5.74) is 1.17. The first kappa shape index (κ1) is 20.4. The highest BCUT2D eigenvalue weighted by atomic mass is 32.2. The van der Waals surface area contributed by atoms with Gasteiger partial charge in [-0.25, -0.2) is 8.78 Å². The van der Waals surface area contributed by atoms with Gasteiger partial charge in [-0.15, -0.1) is 0 Å². The predicted octanol–water partition coefficient (Wildman–Crippen LogP) is 6.58. The molecule has 0 amide bonds. The lowest BCUT2D eigenvalue weighted by Gasteiger charge is -2.17. The van der Waals surface area contributed by atoms with Crippen molar-refractivity contribution in [3.63, 3.8) is 0 Å². The molecule has 0 saturated heterocycles. The molecule has 3 aromatic rings. The molecule has 0 spiro atoms. The molecule has 6 heteroatoms. The van der Waals surface area contributed by atoms with Gasteiger partial charge < -0.3 is 4.74 Å². The Morgan fingerprint density at radius 3 is 2.17 bits per heavy atom. The van der Waals surface area contributed by atoms with Gasteiger partial charge in [-0.2, -0.15) is 10.5 Å². The van der Waals surface area contributed by atoms with Gasteiger partial charge in [0.2, 0.25) is 0 Å². The molecule has 0 aliphatic rings. The molecule has 0 radical (unpaired) electrons. The Morgan fingerprint density at radius 1 is 0.862 bits per heavy atom. The molecule has 0 aliphatic carbocycles. The maximum Gasteiger partial charge on any atom is 0.186 e. The number of hydrogen-bond donors (Lipinski definition) is 0. The molecular formula is C23H16F2N2OS. The quantitative estimate of drug-likeness (QED) is 0.491. The van der Waals surface area contributed by atoms with Crippen molar-refractivity contribution in [2.75, 3.05) is 0 Å². The first-order chi connectivity index (χ1) is 13.9. The fourth-order valence-corrected chi connectivity index (χ4v) is 3.76. The van der Waals surface area contributed by atoms with E-state index in [2.05, 4.69) is 0 Å². The Morgan fingerprint density at radius 2 is 1.52 bits per heavy atom. The Kier molecular flexibility index (Phi) is 5.87. The van der Waals surface area contributed by atoms with E-state index in [0.29, 0.717) is 10.6 Å². The number of nitrogens with zero attached hydrogens (tertiary/aromatic N) is 2. The van der Waals surface area contributed by atoms with Gasteiger partial charge in [0.05, 0.1) is 4.90 Å². The zero-order valence-corrected chi connectivity index (χ0v) is 16.8. The summed E-state index contributed by atoms with van der Waals surface area (Å²) < 4.78 is 36.2. The van der Waals surface area contributed by atoms with E-state index < -0.39 is 28.5 Å². The molecular weight excluding hydrogens is 390 g/mol. The van der Waals surface area contributed by atoms with Crippen molar-refractivity contribution in [2.24, 2.45) is 0 Å². The molecule has 0 aliphatic heterocycles. The molecule has 0 atom stereocenters. The van der Waals surface area contributed by atoms with E-state index in [1.807, 2.05) is 38.1 Å². The van der Waals surface area contributed by atoms with Crippen LogP contribution in [0.5, 0.6) is 11.5 Å². The smallest absolute Gasteiger partial charge is 0.186 e. The standard InChI is InChI=1S/C23H16F2N2OS/c1-13-8-9-14(2)18(10-13)28-22-20(24)16(11-26)17(12-27)21(25)23(22)29-19-7-5-4-6-15(19)3/h4-10H,1-3H3. The first-order valence-electron chi connectivity index (χ1n) is 8.71. The second kappa shape index (κ2) is 8.34. The van der Waals surface area contributed by atoms with Crippen LogP contribution in [-0.4, -0.2) is 0 Å². The summed E-state index contributed by atoms with van der Waals surface area (Å²) in [6, 6.07) is 15.8. The Balaban J connectivity index is 2.26. The molecule has 0 saturated carbocycles. The van der Waals surface area contributed by atoms with Gasteiger partial charge in [0.1, 0.15) is 29.0 Å². The maximum absolute atomic E-state index is 15.2. The zero-order chi connectivity index (χ0) is 21.1. The number of rotatable bonds is 4. The topological polar surface area (TPSA) is 56.8 Å². The van der Waals surface area contributed by atoms with Gasteiger partial charge in [-0.1, -0.05) is 42.1 Å². The van der Waals surface area contributed by atoms with Gasteiger partial charge >= 0.3 is 0 Å². The van der Waals surface area contributed by atoms with Crippen LogP contribution in [0, 0.1) is 55.1 Å². The molecule has 0 fully saturated rings. The number of benzene rings is 3. The van der Waals surface area contributed by atoms with E-state index in [1.165, 1.54) is 0 Å². The van der Waals surface area contributed by atoms with Crippen molar-refractivity contribution in [3.8, 4) is 23.6 Å². The van der Waals surface area contributed by atoms with Gasteiger partial charge in [0.25, 0.3) is 0 Å². The van der Waals surface area contributed by atoms with E-state index >= 15 is 8.78 Å². The number of hydrogen-bond acceptors (Lipinski definition) is 4. The molecule has 3 nitrogen and oxygen atoms in total. The Bertz CT molecular complexity index is 1190. The van der Waals surface area contributed by atoms with Crippen LogP contribution < -0.4 is 4.74 Å². The first-order valence-corrected chi connectivity index (χ1v) is 9.52. The minimum atomic E-state index is -1.05. The molecule has 3 rings (SSSR count). The van der Waals surface area contributed by atoms with Gasteiger partial charge in [-0.05, 0) is 49.6 Å². The minimum absolute atomic E-state index is 0.173. The average Bonchev–Trinajstić information content (AvgIpc) is 2.70. The lowest BCUT2D eigenvalue weighted by atomic mass is 10.1. The summed E-state index contributed by atoms with van der Waals surface area (Å²) >= 11 is 0.959. The summed E-state index contributed by atoms with van der Waals surface area (Å²) in [4.78, 5) is 0.512. The fraction of sp³-hybridized carbons (Fsp3) is 0.130. The van der Waals surface area contributed by atoms with Crippen molar-refractivity contribution in [2.45, 2.75) is 30.6 Å². The lowest BCUT2D eigenvalue weighted by molar-refractivity contribution is 0.415. The Labute approximate surface area is 172 Å². The van der Waals surface area contributed by atoms with E-state index in [0.717, 1.165) is 28.5 Å². The number of nitriles is 2. The third-order valence-electron chi connectivity index (χ3n) is 4.38. The van der Waals surface area contributed by atoms with Crippen LogP contribution in [0.3, 0.4) is 0 Å². The third-order valence-corrected chi connectivity index (χ3v) is 5.63. The monoisotopic (exact) mass is 406 g/mol. The van der Waals surface area contributed by atoms with Gasteiger partial charge in [0, 0.05) is 4.90 Å². The molecule has 29 heavy (non-hydrogen) atoms. The summed E-state index contributed by atoms with van der Waals surface area (Å²) in [7, 11) is 0. The lowest BCUT2D eigenvalue weighted by Crippen LogP contribution is -2.03. The van der Waals surface area contributed by atoms with Crippen LogP contribution in [0.2, 0.25) is 0 Å². The average molecular weight is 406 g/mol. The van der Waals surface area contributed by atoms with Crippen LogP contribution in [0.15, 0.2) is 52.3 Å². The maximum atomic E-state index is 15.2. The molecule has 0 N–H and O–H groups in total. The van der Waals surface area contributed by atoms with Crippen molar-refractivity contribution in [3.05, 3.63) is 81.9 Å². The second-order valence-electron chi connectivity index (χ2n) is 6.50. The number of aryl methyl sites for hydroxylation is 3. The van der Waals surface area contributed by atoms with Crippen LogP contribution in [0.4, 0.5) is 8.78 Å². The number of ether oxygens (including phenoxy) is 1. The Hall–Kier alpha value is -3.35. The van der Waals surface area contributed by atoms with Crippen LogP contribution in [-0.2, 0) is 0 Å². The summed E-state index contributed by atoms with van der Waals surface area (Å²) in [5, 5.41) is 18.6. The highest BCUT2D eigenvalue weighted by Crippen LogP contribution is 2.44. The molecule has 0 unspecified atom stereocenters. The SMILES string of the molecule is Cc1ccc(C)c(Oc2c(F)c(C#N)c(C#N)c(F)c2Sc2ccccc2C)c1. The zero-order valence-electron chi connectivity index (χ0n) is 16.0. The van der Waals surface area contributed by atoms with E-state index in [9.17, 15) is 10.5 Å². The second-order valence-corrected chi connectivity index (χ2v) is 7.55. The van der Waals surface area contributed by atoms with Gasteiger partial charge in [0.15, 0.2) is 17.4 Å². The molecule has 0 bridgehead atoms. The summed E-state index contributed by atoms with van der Waals surface area (Å²) in [6.07, 6.45) is 0. The fourth-order valence-electron chi connectivity index (χ4n) is 2.75. The molecule has 3 aromatic carbocycles. The van der Waals surface area contributed by atoms with Crippen LogP contribution in [0.25, 0.3) is 0 Å². The highest BCUT2D eigenvalue weighted by molar-refractivity contribution is 7.99. The third kappa shape index (κ3) is 3.94. The van der Waals surface area contributed by atoms with Crippen molar-refractivity contribution >= 4 is 11.8 Å². The van der Waals surface area contributed by atoms with E-state index in [4.69, 9.17) is 4.74 Å². The van der Waals surface area contributed by atoms with Crippen molar-refractivity contribution in [1.82, 2.24) is 0 Å².